The predicted octanol–water partition coefficient (Wildman–Crippen LogP) is 1.59. The molecule has 0 fully saturated rings. The van der Waals surface area contributed by atoms with Crippen molar-refractivity contribution in [3.05, 3.63) is 35.9 Å². The van der Waals surface area contributed by atoms with Crippen LogP contribution in [0.1, 0.15) is 31.2 Å². The first kappa shape index (κ1) is 19.5. The molecule has 3 N–H and O–H groups in total. The molecule has 0 heterocycles. The van der Waals surface area contributed by atoms with Crippen molar-refractivity contribution in [3.63, 3.8) is 0 Å². The molecule has 0 aliphatic carbocycles. The number of nitrogens with one attached hydrogen (secondary N) is 2. The Bertz CT molecular complexity index is 534. The number of carbonyl (C=O) groups excluding carboxylic acids is 2. The molecule has 0 aromatic heterocycles. The molecule has 7 nitrogen and oxygen atoms in total. The van der Waals surface area contributed by atoms with Crippen LogP contribution in [-0.4, -0.2) is 48.1 Å². The van der Waals surface area contributed by atoms with Gasteiger partial charge in [0.1, 0.15) is 0 Å². The molecule has 132 valence electrons. The minimum atomic E-state index is -0.830. The second kappa shape index (κ2) is 11.0. The van der Waals surface area contributed by atoms with E-state index in [0.717, 1.165) is 5.56 Å². The highest BCUT2D eigenvalue weighted by Gasteiger charge is 2.09. The van der Waals surface area contributed by atoms with E-state index in [2.05, 4.69) is 10.6 Å². The van der Waals surface area contributed by atoms with Crippen molar-refractivity contribution in [1.82, 2.24) is 15.5 Å². The summed E-state index contributed by atoms with van der Waals surface area (Å²) in [5.41, 5.74) is 1.04. The van der Waals surface area contributed by atoms with Crippen LogP contribution < -0.4 is 10.6 Å². The fourth-order valence-electron chi connectivity index (χ4n) is 2.06. The van der Waals surface area contributed by atoms with E-state index in [0.29, 0.717) is 25.9 Å². The number of carbonyl (C=O) groups is 3. The zero-order valence-corrected chi connectivity index (χ0v) is 14.0. The lowest BCUT2D eigenvalue weighted by Crippen LogP contribution is -2.38. The van der Waals surface area contributed by atoms with Gasteiger partial charge in [-0.2, -0.15) is 0 Å². The molecule has 1 aromatic rings. The Hall–Kier alpha value is -2.57. The number of benzene rings is 1. The van der Waals surface area contributed by atoms with Gasteiger partial charge in [-0.05, 0) is 18.4 Å². The molecule has 7 heteroatoms. The molecule has 24 heavy (non-hydrogen) atoms. The summed E-state index contributed by atoms with van der Waals surface area (Å²) in [5.74, 6) is -0.986. The van der Waals surface area contributed by atoms with Gasteiger partial charge in [0.2, 0.25) is 5.91 Å². The van der Waals surface area contributed by atoms with Crippen molar-refractivity contribution in [1.29, 1.82) is 0 Å². The number of carboxylic acids is 1. The van der Waals surface area contributed by atoms with Crippen LogP contribution in [0.25, 0.3) is 0 Å². The highest BCUT2D eigenvalue weighted by Crippen LogP contribution is 2.02. The third kappa shape index (κ3) is 8.77. The smallest absolute Gasteiger partial charge is 0.317 e. The van der Waals surface area contributed by atoms with Gasteiger partial charge in [-0.25, -0.2) is 4.79 Å². The summed E-state index contributed by atoms with van der Waals surface area (Å²) in [5, 5.41) is 13.9. The summed E-state index contributed by atoms with van der Waals surface area (Å²) in [6.07, 6.45) is 1.48. The molecule has 1 rings (SSSR count). The van der Waals surface area contributed by atoms with Crippen molar-refractivity contribution < 1.29 is 19.5 Å². The van der Waals surface area contributed by atoms with E-state index in [1.54, 1.807) is 11.9 Å². The third-order valence-corrected chi connectivity index (χ3v) is 3.38. The standard InChI is InChI=1S/C17H25N3O4/c1-20(13-14-7-3-2-4-8-14)17(24)19-12-10-15(21)18-11-6-5-9-16(22)23/h2-4,7-8H,5-6,9-13H2,1H3,(H,18,21)(H,19,24)(H,22,23). The molecule has 0 saturated heterocycles. The summed E-state index contributed by atoms with van der Waals surface area (Å²) in [6.45, 7) is 1.22. The first-order chi connectivity index (χ1) is 11.5. The van der Waals surface area contributed by atoms with E-state index < -0.39 is 5.97 Å². The first-order valence-corrected chi connectivity index (χ1v) is 8.00. The van der Waals surface area contributed by atoms with E-state index in [9.17, 15) is 14.4 Å². The van der Waals surface area contributed by atoms with Crippen molar-refractivity contribution in [3.8, 4) is 0 Å². The molecule has 1 aromatic carbocycles. The molecule has 0 saturated carbocycles. The van der Waals surface area contributed by atoms with Crippen LogP contribution in [0.15, 0.2) is 30.3 Å². The van der Waals surface area contributed by atoms with Crippen LogP contribution >= 0.6 is 0 Å². The number of aliphatic carboxylic acids is 1. The zero-order chi connectivity index (χ0) is 17.8. The Balaban J connectivity index is 2.11. The fraction of sp³-hybridized carbons (Fsp3) is 0.471. The van der Waals surface area contributed by atoms with Gasteiger partial charge >= 0.3 is 12.0 Å². The minimum Gasteiger partial charge on any atom is -0.481 e. The summed E-state index contributed by atoms with van der Waals surface area (Å²) in [7, 11) is 1.70. The van der Waals surface area contributed by atoms with E-state index >= 15 is 0 Å². The molecule has 0 bridgehead atoms. The summed E-state index contributed by atoms with van der Waals surface area (Å²) in [4.78, 5) is 35.4. The number of hydrogen-bond acceptors (Lipinski definition) is 3. The number of urea groups is 1. The van der Waals surface area contributed by atoms with Crippen LogP contribution in [0, 0.1) is 0 Å². The van der Waals surface area contributed by atoms with Gasteiger partial charge < -0.3 is 20.6 Å². The second-order valence-electron chi connectivity index (χ2n) is 5.52. The average Bonchev–Trinajstić information content (AvgIpc) is 2.55. The molecular weight excluding hydrogens is 310 g/mol. The lowest BCUT2D eigenvalue weighted by molar-refractivity contribution is -0.137. The van der Waals surface area contributed by atoms with Crippen molar-refractivity contribution in [2.24, 2.45) is 0 Å². The van der Waals surface area contributed by atoms with Crippen LogP contribution in [0.5, 0.6) is 0 Å². The van der Waals surface area contributed by atoms with Gasteiger partial charge in [0, 0.05) is 39.5 Å². The van der Waals surface area contributed by atoms with Gasteiger partial charge in [0.15, 0.2) is 0 Å². The van der Waals surface area contributed by atoms with Crippen LogP contribution in [0.2, 0.25) is 0 Å². The molecule has 0 spiro atoms. The van der Waals surface area contributed by atoms with Gasteiger partial charge in [-0.15, -0.1) is 0 Å². The Morgan fingerprint density at radius 1 is 1.00 bits per heavy atom. The van der Waals surface area contributed by atoms with Crippen molar-refractivity contribution in [2.75, 3.05) is 20.1 Å². The third-order valence-electron chi connectivity index (χ3n) is 3.38. The van der Waals surface area contributed by atoms with Crippen LogP contribution in [0.4, 0.5) is 4.79 Å². The number of amides is 3. The monoisotopic (exact) mass is 335 g/mol. The van der Waals surface area contributed by atoms with E-state index in [1.165, 1.54) is 0 Å². The molecule has 0 unspecified atom stereocenters. The normalized spacial score (nSPS) is 10.0. The summed E-state index contributed by atoms with van der Waals surface area (Å²) in [6, 6.07) is 9.42. The van der Waals surface area contributed by atoms with E-state index in [1.807, 2.05) is 30.3 Å². The lowest BCUT2D eigenvalue weighted by Gasteiger charge is -2.18. The Morgan fingerprint density at radius 2 is 1.71 bits per heavy atom. The SMILES string of the molecule is CN(Cc1ccccc1)C(=O)NCCC(=O)NCCCCC(=O)O. The van der Waals surface area contributed by atoms with Crippen molar-refractivity contribution >= 4 is 17.9 Å². The fourth-order valence-corrected chi connectivity index (χ4v) is 2.06. The second-order valence-corrected chi connectivity index (χ2v) is 5.52. The number of rotatable bonds is 10. The number of carboxylic acid groups (broad SMARTS) is 1. The molecule has 3 amide bonds. The molecule has 0 aliphatic heterocycles. The van der Waals surface area contributed by atoms with Crippen LogP contribution in [-0.2, 0) is 16.1 Å². The van der Waals surface area contributed by atoms with Gasteiger partial charge in [-0.3, -0.25) is 9.59 Å². The number of hydrogen-bond donors (Lipinski definition) is 3. The van der Waals surface area contributed by atoms with E-state index in [4.69, 9.17) is 5.11 Å². The highest BCUT2D eigenvalue weighted by atomic mass is 16.4. The maximum atomic E-state index is 11.9. The maximum Gasteiger partial charge on any atom is 0.317 e. The number of nitrogens with zero attached hydrogens (tertiary/aromatic N) is 1. The van der Waals surface area contributed by atoms with Crippen LogP contribution in [0.3, 0.4) is 0 Å². The zero-order valence-electron chi connectivity index (χ0n) is 14.0. The topological polar surface area (TPSA) is 98.7 Å². The quantitative estimate of drug-likeness (QED) is 0.565. The van der Waals surface area contributed by atoms with E-state index in [-0.39, 0.29) is 31.3 Å². The van der Waals surface area contributed by atoms with Gasteiger partial charge in [0.25, 0.3) is 0 Å². The van der Waals surface area contributed by atoms with Gasteiger partial charge in [0.05, 0.1) is 0 Å². The molecule has 0 aliphatic rings. The van der Waals surface area contributed by atoms with Gasteiger partial charge in [-0.1, -0.05) is 30.3 Å². The first-order valence-electron chi connectivity index (χ1n) is 8.00. The maximum absolute atomic E-state index is 11.9. The average molecular weight is 335 g/mol. The summed E-state index contributed by atoms with van der Waals surface area (Å²) >= 11 is 0. The number of unbranched alkanes of at least 4 members (excludes halogenated alkanes) is 1. The summed E-state index contributed by atoms with van der Waals surface area (Å²) < 4.78 is 0. The minimum absolute atomic E-state index is 0.111. The molecular formula is C17H25N3O4. The molecule has 0 radical (unpaired) electrons. The predicted molar refractivity (Wildman–Crippen MR) is 90.4 cm³/mol. The molecule has 0 atom stereocenters. The lowest BCUT2D eigenvalue weighted by atomic mass is 10.2. The Labute approximate surface area is 142 Å². The largest absolute Gasteiger partial charge is 0.481 e. The Kier molecular flexibility index (Phi) is 8.96. The Morgan fingerprint density at radius 3 is 2.38 bits per heavy atom. The van der Waals surface area contributed by atoms with Crippen molar-refractivity contribution in [2.45, 2.75) is 32.2 Å². The highest BCUT2D eigenvalue weighted by molar-refractivity contribution is 5.78.